The van der Waals surface area contributed by atoms with Gasteiger partial charge in [0, 0.05) is 11.1 Å². The first-order valence-corrected chi connectivity index (χ1v) is 3.65. The average Bonchev–Trinajstić information content (AvgIpc) is 2.05. The maximum Gasteiger partial charge on any atom is 0.335 e. The van der Waals surface area contributed by atoms with Crippen LogP contribution in [0.3, 0.4) is 0 Å². The Morgan fingerprint density at radius 1 is 1.21 bits per heavy atom. The van der Waals surface area contributed by atoms with E-state index >= 15 is 0 Å². The van der Waals surface area contributed by atoms with Gasteiger partial charge in [-0.3, -0.25) is 0 Å². The van der Waals surface area contributed by atoms with E-state index < -0.39 is 18.7 Å². The number of hydrogen-bond donors (Lipinski definition) is 2. The van der Waals surface area contributed by atoms with Crippen LogP contribution < -0.4 is 0 Å². The summed E-state index contributed by atoms with van der Waals surface area (Å²) in [5.41, 5.74) is 0.467. The van der Waals surface area contributed by atoms with Gasteiger partial charge in [-0.05, 0) is 13.8 Å². The Labute approximate surface area is 82.3 Å². The van der Waals surface area contributed by atoms with E-state index in [9.17, 15) is 9.59 Å². The minimum atomic E-state index is -0.935. The van der Waals surface area contributed by atoms with Gasteiger partial charge >= 0.3 is 11.9 Å². The Morgan fingerprint density at radius 3 is 1.64 bits per heavy atom. The molecule has 5 heteroatoms. The number of ether oxygens (including phenoxy) is 1. The van der Waals surface area contributed by atoms with Crippen LogP contribution in [-0.2, 0) is 14.3 Å². The molecule has 2 N–H and O–H groups in total. The Hall–Kier alpha value is -1.62. The molecule has 0 bridgehead atoms. The van der Waals surface area contributed by atoms with Crippen molar-refractivity contribution >= 4 is 11.9 Å². The van der Waals surface area contributed by atoms with Gasteiger partial charge in [-0.15, -0.1) is 0 Å². The van der Waals surface area contributed by atoms with E-state index in [4.69, 9.17) is 10.2 Å². The van der Waals surface area contributed by atoms with E-state index in [0.29, 0.717) is 5.57 Å². The first kappa shape index (κ1) is 14.9. The van der Waals surface area contributed by atoms with Crippen molar-refractivity contribution in [3.8, 4) is 0 Å². The number of carboxylic acid groups (broad SMARTS) is 1. The molecule has 0 aliphatic carbocycles. The van der Waals surface area contributed by atoms with Crippen molar-refractivity contribution in [3.05, 3.63) is 24.3 Å². The minimum Gasteiger partial charge on any atom is -0.478 e. The Balaban J connectivity index is 0. The number of aliphatic hydroxyl groups is 1. The molecule has 0 saturated heterocycles. The summed E-state index contributed by atoms with van der Waals surface area (Å²) in [4.78, 5) is 19.9. The maximum absolute atomic E-state index is 10.3. The molecule has 0 aliphatic rings. The lowest BCUT2D eigenvalue weighted by atomic mass is 10.4. The molecular weight excluding hydrogens is 188 g/mol. The van der Waals surface area contributed by atoms with Crippen LogP contribution in [0.25, 0.3) is 0 Å². The largest absolute Gasteiger partial charge is 0.478 e. The number of hydrogen-bond acceptors (Lipinski definition) is 4. The number of carbonyl (C=O) groups is 2. The van der Waals surface area contributed by atoms with Crippen LogP contribution in [0.2, 0.25) is 0 Å². The summed E-state index contributed by atoms with van der Waals surface area (Å²) in [5, 5.41) is 15.9. The summed E-state index contributed by atoms with van der Waals surface area (Å²) < 4.78 is 4.12. The highest BCUT2D eigenvalue weighted by Crippen LogP contribution is 1.88. The molecule has 0 amide bonds. The van der Waals surface area contributed by atoms with E-state index in [-0.39, 0.29) is 5.57 Å². The molecule has 0 radical (unpaired) electrons. The average molecular weight is 202 g/mol. The number of aliphatic carboxylic acids is 1. The zero-order valence-corrected chi connectivity index (χ0v) is 8.24. The molecule has 0 rings (SSSR count). The van der Waals surface area contributed by atoms with Gasteiger partial charge in [0.25, 0.3) is 0 Å². The van der Waals surface area contributed by atoms with Gasteiger partial charge in [-0.25, -0.2) is 9.59 Å². The van der Waals surface area contributed by atoms with Gasteiger partial charge in [0.15, 0.2) is 6.79 Å². The van der Waals surface area contributed by atoms with Crippen LogP contribution in [0, 0.1) is 0 Å². The molecule has 0 fully saturated rings. The number of carboxylic acids is 1. The van der Waals surface area contributed by atoms with Crippen molar-refractivity contribution in [2.45, 2.75) is 13.8 Å². The molecule has 0 aliphatic heterocycles. The molecule has 0 spiro atoms. The third kappa shape index (κ3) is 10.4. The van der Waals surface area contributed by atoms with Crippen molar-refractivity contribution in [1.29, 1.82) is 0 Å². The lowest BCUT2D eigenvalue weighted by molar-refractivity contribution is -0.146. The summed E-state index contributed by atoms with van der Waals surface area (Å²) >= 11 is 0. The predicted molar refractivity (Wildman–Crippen MR) is 50.4 cm³/mol. The third-order valence-electron chi connectivity index (χ3n) is 0.909. The van der Waals surface area contributed by atoms with Crippen LogP contribution in [-0.4, -0.2) is 28.9 Å². The first-order chi connectivity index (χ1) is 6.32. The number of rotatable bonds is 3. The van der Waals surface area contributed by atoms with E-state index in [1.54, 1.807) is 0 Å². The number of aliphatic hydroxyl groups excluding tert-OH is 1. The zero-order valence-electron chi connectivity index (χ0n) is 8.24. The topological polar surface area (TPSA) is 83.8 Å². The highest BCUT2D eigenvalue weighted by Gasteiger charge is 1.98. The second-order valence-corrected chi connectivity index (χ2v) is 2.43. The van der Waals surface area contributed by atoms with Crippen molar-refractivity contribution in [2.24, 2.45) is 0 Å². The van der Waals surface area contributed by atoms with E-state index in [2.05, 4.69) is 17.9 Å². The van der Waals surface area contributed by atoms with Gasteiger partial charge in [0.1, 0.15) is 0 Å². The molecule has 5 nitrogen and oxygen atoms in total. The lowest BCUT2D eigenvalue weighted by Crippen LogP contribution is -2.04. The second-order valence-electron chi connectivity index (χ2n) is 2.43. The zero-order chi connectivity index (χ0) is 11.7. The molecule has 0 aromatic heterocycles. The number of carbonyl (C=O) groups excluding carboxylic acids is 1. The van der Waals surface area contributed by atoms with Gasteiger partial charge in [-0.2, -0.15) is 0 Å². The summed E-state index contributed by atoms with van der Waals surface area (Å²) in [7, 11) is 0. The second kappa shape index (κ2) is 8.00. The fourth-order valence-electron chi connectivity index (χ4n) is 0.182. The van der Waals surface area contributed by atoms with Gasteiger partial charge < -0.3 is 14.9 Å². The van der Waals surface area contributed by atoms with Crippen LogP contribution >= 0.6 is 0 Å². The number of esters is 1. The molecule has 14 heavy (non-hydrogen) atoms. The third-order valence-corrected chi connectivity index (χ3v) is 0.909. The highest BCUT2D eigenvalue weighted by atomic mass is 16.6. The quantitative estimate of drug-likeness (QED) is 0.400. The summed E-state index contributed by atoms with van der Waals surface area (Å²) in [6.45, 7) is 8.82. The van der Waals surface area contributed by atoms with Crippen LogP contribution in [0.4, 0.5) is 0 Å². The molecule has 0 heterocycles. The Kier molecular flexibility index (Phi) is 8.50. The van der Waals surface area contributed by atoms with Gasteiger partial charge in [0.2, 0.25) is 0 Å². The van der Waals surface area contributed by atoms with Crippen molar-refractivity contribution in [1.82, 2.24) is 0 Å². The van der Waals surface area contributed by atoms with Gasteiger partial charge in [0.05, 0.1) is 0 Å². The molecule has 80 valence electrons. The predicted octanol–water partition coefficient (Wildman–Crippen LogP) is 0.703. The normalized spacial score (nSPS) is 7.93. The molecular formula is C9H14O5. The van der Waals surface area contributed by atoms with Crippen LogP contribution in [0.1, 0.15) is 13.8 Å². The molecule has 0 aromatic carbocycles. The lowest BCUT2D eigenvalue weighted by Gasteiger charge is -1.95. The smallest absolute Gasteiger partial charge is 0.335 e. The van der Waals surface area contributed by atoms with Crippen LogP contribution in [0.15, 0.2) is 24.3 Å². The summed E-state index contributed by atoms with van der Waals surface area (Å²) in [6.07, 6.45) is 0. The molecule has 0 saturated carbocycles. The molecule has 0 unspecified atom stereocenters. The van der Waals surface area contributed by atoms with Crippen molar-refractivity contribution < 1.29 is 24.5 Å². The van der Waals surface area contributed by atoms with E-state index in [1.165, 1.54) is 13.8 Å². The van der Waals surface area contributed by atoms with E-state index in [0.717, 1.165) is 0 Å². The Bertz CT molecular complexity index is 230. The van der Waals surface area contributed by atoms with Gasteiger partial charge in [-0.1, -0.05) is 13.2 Å². The van der Waals surface area contributed by atoms with Crippen molar-refractivity contribution in [2.75, 3.05) is 6.79 Å². The van der Waals surface area contributed by atoms with E-state index in [1.807, 2.05) is 0 Å². The molecule has 0 aromatic rings. The highest BCUT2D eigenvalue weighted by molar-refractivity contribution is 5.86. The minimum absolute atomic E-state index is 0.176. The first-order valence-electron chi connectivity index (χ1n) is 3.65. The Morgan fingerprint density at radius 2 is 1.57 bits per heavy atom. The molecule has 0 atom stereocenters. The SMILES string of the molecule is C=C(C)C(=O)O.C=C(C)C(=O)OCO. The summed E-state index contributed by atoms with van der Waals surface area (Å²) in [6, 6.07) is 0. The standard InChI is InChI=1S/C5H8O3.C4H6O2/c1-4(2)5(7)8-3-6;1-3(2)4(5)6/h6H,1,3H2,2H3;1H2,2H3,(H,5,6). The van der Waals surface area contributed by atoms with Crippen LogP contribution in [0.5, 0.6) is 0 Å². The fraction of sp³-hybridized carbons (Fsp3) is 0.333. The van der Waals surface area contributed by atoms with Crippen molar-refractivity contribution in [3.63, 3.8) is 0 Å². The monoisotopic (exact) mass is 202 g/mol. The maximum atomic E-state index is 10.3. The summed E-state index contributed by atoms with van der Waals surface area (Å²) in [5.74, 6) is -1.50. The fourth-order valence-corrected chi connectivity index (χ4v) is 0.182.